The number of carbonyl (C=O) groups excluding carboxylic acids is 2. The Kier molecular flexibility index (Phi) is 4.60. The predicted molar refractivity (Wildman–Crippen MR) is 105 cm³/mol. The van der Waals surface area contributed by atoms with Crippen molar-refractivity contribution in [3.63, 3.8) is 0 Å². The highest BCUT2D eigenvalue weighted by Gasteiger charge is 2.17. The highest BCUT2D eigenvalue weighted by atomic mass is 16.5. The fraction of sp³-hybridized carbons (Fsp3) is 0.0455. The number of amides is 1. The van der Waals surface area contributed by atoms with Crippen molar-refractivity contribution in [2.24, 2.45) is 0 Å². The minimum Gasteiger partial charge on any atom is -0.452 e. The fourth-order valence-electron chi connectivity index (χ4n) is 2.93. The van der Waals surface area contributed by atoms with E-state index in [-0.39, 0.29) is 5.56 Å². The lowest BCUT2D eigenvalue weighted by molar-refractivity contribution is -0.119. The first-order valence-corrected chi connectivity index (χ1v) is 8.59. The average molecular weight is 373 g/mol. The van der Waals surface area contributed by atoms with E-state index in [1.165, 1.54) is 6.07 Å². The number of hydrogen-bond acceptors (Lipinski definition) is 5. The third-order valence-corrected chi connectivity index (χ3v) is 4.26. The molecule has 0 fully saturated rings. The zero-order valence-corrected chi connectivity index (χ0v) is 14.7. The van der Waals surface area contributed by atoms with Gasteiger partial charge < -0.3 is 14.5 Å². The van der Waals surface area contributed by atoms with Crippen LogP contribution in [-0.4, -0.2) is 18.5 Å². The van der Waals surface area contributed by atoms with Gasteiger partial charge in [0.2, 0.25) is 0 Å². The molecule has 0 saturated carbocycles. The van der Waals surface area contributed by atoms with Crippen LogP contribution in [0.1, 0.15) is 10.4 Å². The highest BCUT2D eigenvalue weighted by molar-refractivity contribution is 6.03. The summed E-state index contributed by atoms with van der Waals surface area (Å²) >= 11 is 0. The zero-order chi connectivity index (χ0) is 19.5. The minimum absolute atomic E-state index is 0.253. The third kappa shape index (κ3) is 3.48. The van der Waals surface area contributed by atoms with Crippen LogP contribution in [0.5, 0.6) is 0 Å². The smallest absolute Gasteiger partial charge is 0.351 e. The number of anilines is 1. The lowest BCUT2D eigenvalue weighted by atomic mass is 10.1. The van der Waals surface area contributed by atoms with Gasteiger partial charge in [-0.05, 0) is 23.6 Å². The number of benzene rings is 3. The second kappa shape index (κ2) is 7.36. The van der Waals surface area contributed by atoms with E-state index >= 15 is 0 Å². The maximum atomic E-state index is 12.2. The molecule has 4 rings (SSSR count). The first-order chi connectivity index (χ1) is 13.6. The Hall–Kier alpha value is -3.93. The first-order valence-electron chi connectivity index (χ1n) is 8.59. The maximum absolute atomic E-state index is 12.2. The van der Waals surface area contributed by atoms with E-state index in [9.17, 15) is 14.4 Å². The van der Waals surface area contributed by atoms with E-state index in [0.717, 1.165) is 10.8 Å². The molecule has 4 aromatic rings. The van der Waals surface area contributed by atoms with Gasteiger partial charge in [-0.2, -0.15) is 0 Å². The number of para-hydroxylation sites is 1. The van der Waals surface area contributed by atoms with Crippen LogP contribution in [0.2, 0.25) is 0 Å². The average Bonchev–Trinajstić information content (AvgIpc) is 2.72. The molecule has 0 aliphatic carbocycles. The number of hydrogen-bond donors (Lipinski definition) is 1. The number of rotatable bonds is 4. The molecule has 3 aromatic carbocycles. The summed E-state index contributed by atoms with van der Waals surface area (Å²) in [6.07, 6.45) is 0. The molecule has 0 spiro atoms. The Bertz CT molecular complexity index is 1250. The fourth-order valence-corrected chi connectivity index (χ4v) is 2.93. The standard InChI is InChI=1S/C22H15NO5/c24-20(23-18-10-5-8-14-6-1-3-9-16(14)18)13-27-21(25)17-12-15-7-2-4-11-19(15)28-22(17)26/h1-12H,13H2,(H,23,24). The Labute approximate surface area is 159 Å². The summed E-state index contributed by atoms with van der Waals surface area (Å²) in [5.74, 6) is -1.41. The zero-order valence-electron chi connectivity index (χ0n) is 14.7. The third-order valence-electron chi connectivity index (χ3n) is 4.26. The molecule has 0 saturated heterocycles. The molecule has 138 valence electrons. The molecule has 0 aliphatic rings. The van der Waals surface area contributed by atoms with Gasteiger partial charge in [0.25, 0.3) is 5.91 Å². The second-order valence-electron chi connectivity index (χ2n) is 6.14. The van der Waals surface area contributed by atoms with Crippen LogP contribution < -0.4 is 10.9 Å². The number of nitrogens with one attached hydrogen (secondary N) is 1. The Morgan fingerprint density at radius 2 is 1.61 bits per heavy atom. The van der Waals surface area contributed by atoms with Crippen molar-refractivity contribution in [2.75, 3.05) is 11.9 Å². The van der Waals surface area contributed by atoms with Crippen molar-refractivity contribution in [3.05, 3.63) is 88.8 Å². The Balaban J connectivity index is 1.47. The van der Waals surface area contributed by atoms with Crippen molar-refractivity contribution in [3.8, 4) is 0 Å². The van der Waals surface area contributed by atoms with E-state index in [1.807, 2.05) is 36.4 Å². The van der Waals surface area contributed by atoms with E-state index < -0.39 is 24.1 Å². The topological polar surface area (TPSA) is 85.6 Å². The molecule has 6 heteroatoms. The molecular formula is C22H15NO5. The van der Waals surface area contributed by atoms with Crippen LogP contribution in [0.25, 0.3) is 21.7 Å². The van der Waals surface area contributed by atoms with Crippen LogP contribution in [0.3, 0.4) is 0 Å². The largest absolute Gasteiger partial charge is 0.452 e. The molecule has 0 aliphatic heterocycles. The lowest BCUT2D eigenvalue weighted by Gasteiger charge is -2.09. The summed E-state index contributed by atoms with van der Waals surface area (Å²) in [5.41, 5.74) is -0.0723. The van der Waals surface area contributed by atoms with Gasteiger partial charge in [-0.1, -0.05) is 54.6 Å². The summed E-state index contributed by atoms with van der Waals surface area (Å²) in [5, 5.41) is 5.16. The summed E-state index contributed by atoms with van der Waals surface area (Å²) in [6, 6.07) is 21.3. The Morgan fingerprint density at radius 1 is 0.893 bits per heavy atom. The van der Waals surface area contributed by atoms with Gasteiger partial charge in [-0.15, -0.1) is 0 Å². The molecule has 0 unspecified atom stereocenters. The number of carbonyl (C=O) groups is 2. The van der Waals surface area contributed by atoms with Crippen molar-refractivity contribution < 1.29 is 18.7 Å². The summed E-state index contributed by atoms with van der Waals surface area (Å²) in [7, 11) is 0. The van der Waals surface area contributed by atoms with Gasteiger partial charge in [0.1, 0.15) is 11.1 Å². The lowest BCUT2D eigenvalue weighted by Crippen LogP contribution is -2.23. The Morgan fingerprint density at radius 3 is 2.46 bits per heavy atom. The summed E-state index contributed by atoms with van der Waals surface area (Å²) < 4.78 is 10.1. The van der Waals surface area contributed by atoms with Gasteiger partial charge in [0, 0.05) is 16.5 Å². The number of ether oxygens (including phenoxy) is 1. The highest BCUT2D eigenvalue weighted by Crippen LogP contribution is 2.22. The van der Waals surface area contributed by atoms with E-state index in [0.29, 0.717) is 16.7 Å². The van der Waals surface area contributed by atoms with Crippen molar-refractivity contribution in [1.82, 2.24) is 0 Å². The maximum Gasteiger partial charge on any atom is 0.351 e. The van der Waals surface area contributed by atoms with Gasteiger partial charge >= 0.3 is 11.6 Å². The van der Waals surface area contributed by atoms with E-state index in [4.69, 9.17) is 9.15 Å². The first kappa shape index (κ1) is 17.5. The number of fused-ring (bicyclic) bond motifs is 2. The van der Waals surface area contributed by atoms with E-state index in [1.54, 1.807) is 30.3 Å². The molecule has 0 bridgehead atoms. The molecule has 28 heavy (non-hydrogen) atoms. The molecule has 0 atom stereocenters. The van der Waals surface area contributed by atoms with Gasteiger partial charge in [0.05, 0.1) is 0 Å². The second-order valence-corrected chi connectivity index (χ2v) is 6.14. The predicted octanol–water partition coefficient (Wildman–Crippen LogP) is 3.74. The van der Waals surface area contributed by atoms with Crippen LogP contribution in [-0.2, 0) is 9.53 Å². The van der Waals surface area contributed by atoms with Crippen molar-refractivity contribution >= 4 is 39.3 Å². The molecule has 0 radical (unpaired) electrons. The van der Waals surface area contributed by atoms with Gasteiger partial charge in [-0.25, -0.2) is 9.59 Å². The van der Waals surface area contributed by atoms with Crippen LogP contribution in [0, 0.1) is 0 Å². The minimum atomic E-state index is -0.910. The van der Waals surface area contributed by atoms with Gasteiger partial charge in [-0.3, -0.25) is 4.79 Å². The van der Waals surface area contributed by atoms with Crippen LogP contribution in [0.4, 0.5) is 5.69 Å². The van der Waals surface area contributed by atoms with Gasteiger partial charge in [0.15, 0.2) is 6.61 Å². The molecule has 1 N–H and O–H groups in total. The molecule has 1 heterocycles. The van der Waals surface area contributed by atoms with Crippen LogP contribution in [0.15, 0.2) is 82.0 Å². The van der Waals surface area contributed by atoms with Crippen molar-refractivity contribution in [2.45, 2.75) is 0 Å². The SMILES string of the molecule is O=C(COC(=O)c1cc2ccccc2oc1=O)Nc1cccc2ccccc12. The monoisotopic (exact) mass is 373 g/mol. The summed E-state index contributed by atoms with van der Waals surface area (Å²) in [4.78, 5) is 36.4. The molecule has 6 nitrogen and oxygen atoms in total. The normalized spacial score (nSPS) is 10.7. The molecule has 1 aromatic heterocycles. The molecular weight excluding hydrogens is 358 g/mol. The van der Waals surface area contributed by atoms with Crippen LogP contribution >= 0.6 is 0 Å². The summed E-state index contributed by atoms with van der Waals surface area (Å²) in [6.45, 7) is -0.520. The number of esters is 1. The van der Waals surface area contributed by atoms with E-state index in [2.05, 4.69) is 5.32 Å². The van der Waals surface area contributed by atoms with Crippen molar-refractivity contribution in [1.29, 1.82) is 0 Å². The molecule has 1 amide bonds. The quantitative estimate of drug-likeness (QED) is 0.435.